The highest BCUT2D eigenvalue weighted by Gasteiger charge is 2.08. The lowest BCUT2D eigenvalue weighted by atomic mass is 10.1. The summed E-state index contributed by atoms with van der Waals surface area (Å²) in [6, 6.07) is 4.83. The first-order valence-electron chi connectivity index (χ1n) is 3.67. The largest absolute Gasteiger partial charge is 0.507 e. The number of Topliss-reactive ketones (excluding diaryl/α,β-unsaturated/α-hetero) is 1. The van der Waals surface area contributed by atoms with Crippen molar-refractivity contribution in [2.75, 3.05) is 0 Å². The predicted octanol–water partition coefficient (Wildman–Crippen LogP) is 2.75. The van der Waals surface area contributed by atoms with Gasteiger partial charge in [0.05, 0.1) is 5.56 Å². The van der Waals surface area contributed by atoms with Crippen LogP contribution >= 0.6 is 15.9 Å². The van der Waals surface area contributed by atoms with E-state index >= 15 is 0 Å². The maximum absolute atomic E-state index is 11.2. The average Bonchev–Trinajstić information content (AvgIpc) is 2.08. The summed E-state index contributed by atoms with van der Waals surface area (Å²) in [6.45, 7) is 1.77. The van der Waals surface area contributed by atoms with Gasteiger partial charge in [0.15, 0.2) is 5.78 Å². The third kappa shape index (κ3) is 1.85. The summed E-state index contributed by atoms with van der Waals surface area (Å²) in [5.41, 5.74) is 0.381. The zero-order valence-corrected chi connectivity index (χ0v) is 8.26. The number of halogens is 1. The molecule has 0 aromatic heterocycles. The molecule has 1 N–H and O–H groups in total. The predicted molar refractivity (Wildman–Crippen MR) is 50.4 cm³/mol. The zero-order valence-electron chi connectivity index (χ0n) is 6.67. The van der Waals surface area contributed by atoms with Crippen molar-refractivity contribution in [3.63, 3.8) is 0 Å². The molecule has 0 unspecified atom stereocenters. The van der Waals surface area contributed by atoms with Gasteiger partial charge in [-0.05, 0) is 18.2 Å². The molecule has 64 valence electrons. The first kappa shape index (κ1) is 9.26. The van der Waals surface area contributed by atoms with Crippen LogP contribution in [0.4, 0.5) is 0 Å². The molecule has 0 spiro atoms. The zero-order chi connectivity index (χ0) is 9.14. The van der Waals surface area contributed by atoms with Crippen molar-refractivity contribution in [3.8, 4) is 5.75 Å². The normalized spacial score (nSPS) is 9.83. The van der Waals surface area contributed by atoms with Gasteiger partial charge in [-0.25, -0.2) is 0 Å². The van der Waals surface area contributed by atoms with Gasteiger partial charge in [-0.2, -0.15) is 0 Å². The van der Waals surface area contributed by atoms with Gasteiger partial charge < -0.3 is 5.11 Å². The minimum absolute atomic E-state index is 0.0463. The van der Waals surface area contributed by atoms with Gasteiger partial charge in [0.1, 0.15) is 5.75 Å². The third-order valence-corrected chi connectivity index (χ3v) is 2.07. The summed E-state index contributed by atoms with van der Waals surface area (Å²) >= 11 is 3.23. The molecule has 1 rings (SSSR count). The molecule has 0 saturated heterocycles. The standard InChI is InChI=1S/C9H9BrO2/c1-2-8(11)7-5-6(10)3-4-9(7)12/h3-5,12H,2H2,1H3. The highest BCUT2D eigenvalue weighted by atomic mass is 79.9. The Labute approximate surface area is 79.3 Å². The first-order chi connectivity index (χ1) is 5.65. The van der Waals surface area contributed by atoms with E-state index in [0.29, 0.717) is 12.0 Å². The highest BCUT2D eigenvalue weighted by Crippen LogP contribution is 2.22. The molecule has 0 bridgehead atoms. The van der Waals surface area contributed by atoms with Gasteiger partial charge in [0, 0.05) is 10.9 Å². The lowest BCUT2D eigenvalue weighted by molar-refractivity contribution is 0.0985. The molecule has 0 amide bonds. The van der Waals surface area contributed by atoms with Crippen LogP contribution in [0.15, 0.2) is 22.7 Å². The van der Waals surface area contributed by atoms with E-state index in [-0.39, 0.29) is 11.5 Å². The number of aromatic hydroxyl groups is 1. The van der Waals surface area contributed by atoms with Crippen LogP contribution in [0.25, 0.3) is 0 Å². The molecule has 0 heterocycles. The Morgan fingerprint density at radius 3 is 2.83 bits per heavy atom. The number of hydrogen-bond donors (Lipinski definition) is 1. The van der Waals surface area contributed by atoms with Crippen LogP contribution in [0.3, 0.4) is 0 Å². The smallest absolute Gasteiger partial charge is 0.166 e. The Hall–Kier alpha value is -0.830. The van der Waals surface area contributed by atoms with Gasteiger partial charge in [-0.15, -0.1) is 0 Å². The van der Waals surface area contributed by atoms with Crippen molar-refractivity contribution in [1.82, 2.24) is 0 Å². The summed E-state index contributed by atoms with van der Waals surface area (Å²) in [6.07, 6.45) is 0.407. The molecule has 2 nitrogen and oxygen atoms in total. The topological polar surface area (TPSA) is 37.3 Å². The van der Waals surface area contributed by atoms with E-state index in [4.69, 9.17) is 0 Å². The summed E-state index contributed by atoms with van der Waals surface area (Å²) in [7, 11) is 0. The van der Waals surface area contributed by atoms with Crippen LogP contribution in [0.2, 0.25) is 0 Å². The maximum Gasteiger partial charge on any atom is 0.166 e. The summed E-state index contributed by atoms with van der Waals surface area (Å²) in [4.78, 5) is 11.2. The Bertz CT molecular complexity index is 307. The van der Waals surface area contributed by atoms with Gasteiger partial charge in [-0.3, -0.25) is 4.79 Å². The van der Waals surface area contributed by atoms with E-state index in [1.807, 2.05) is 0 Å². The molecule has 3 heteroatoms. The average molecular weight is 229 g/mol. The molecule has 0 atom stereocenters. The number of benzene rings is 1. The van der Waals surface area contributed by atoms with E-state index < -0.39 is 0 Å². The maximum atomic E-state index is 11.2. The monoisotopic (exact) mass is 228 g/mol. The summed E-state index contributed by atoms with van der Waals surface area (Å²) in [5.74, 6) is -0.00106. The minimum atomic E-state index is -0.0474. The molecule has 12 heavy (non-hydrogen) atoms. The first-order valence-corrected chi connectivity index (χ1v) is 4.46. The van der Waals surface area contributed by atoms with Gasteiger partial charge in [-0.1, -0.05) is 22.9 Å². The lowest BCUT2D eigenvalue weighted by Crippen LogP contribution is -1.96. The van der Waals surface area contributed by atoms with Crippen molar-refractivity contribution < 1.29 is 9.90 Å². The highest BCUT2D eigenvalue weighted by molar-refractivity contribution is 9.10. The Kier molecular flexibility index (Phi) is 2.87. The number of carbonyl (C=O) groups excluding carboxylic acids is 1. The van der Waals surface area contributed by atoms with Gasteiger partial charge in [0.2, 0.25) is 0 Å². The molecule has 1 aromatic carbocycles. The van der Waals surface area contributed by atoms with E-state index in [0.717, 1.165) is 4.47 Å². The second-order valence-corrected chi connectivity index (χ2v) is 3.35. The molecule has 0 aliphatic rings. The molecule has 0 aliphatic heterocycles. The van der Waals surface area contributed by atoms with Crippen molar-refractivity contribution in [2.45, 2.75) is 13.3 Å². The fourth-order valence-corrected chi connectivity index (χ4v) is 1.28. The fourth-order valence-electron chi connectivity index (χ4n) is 0.922. The number of phenols is 1. The minimum Gasteiger partial charge on any atom is -0.507 e. The van der Waals surface area contributed by atoms with Crippen molar-refractivity contribution in [3.05, 3.63) is 28.2 Å². The number of hydrogen-bond acceptors (Lipinski definition) is 2. The Morgan fingerprint density at radius 1 is 1.58 bits per heavy atom. The molecule has 0 aliphatic carbocycles. The molecule has 0 saturated carbocycles. The Morgan fingerprint density at radius 2 is 2.25 bits per heavy atom. The number of phenolic OH excluding ortho intramolecular Hbond substituents is 1. The van der Waals surface area contributed by atoms with Crippen LogP contribution < -0.4 is 0 Å². The molecular weight excluding hydrogens is 220 g/mol. The Balaban J connectivity index is 3.13. The van der Waals surface area contributed by atoms with Crippen molar-refractivity contribution in [1.29, 1.82) is 0 Å². The summed E-state index contributed by atoms with van der Waals surface area (Å²) in [5, 5.41) is 9.29. The number of rotatable bonds is 2. The van der Waals surface area contributed by atoms with Crippen LogP contribution in [0, 0.1) is 0 Å². The van der Waals surface area contributed by atoms with E-state index in [2.05, 4.69) is 15.9 Å². The fraction of sp³-hybridized carbons (Fsp3) is 0.222. The molecule has 0 radical (unpaired) electrons. The lowest BCUT2D eigenvalue weighted by Gasteiger charge is -2.01. The molecular formula is C9H9BrO2. The summed E-state index contributed by atoms with van der Waals surface area (Å²) < 4.78 is 0.803. The van der Waals surface area contributed by atoms with Gasteiger partial charge >= 0.3 is 0 Å². The quantitative estimate of drug-likeness (QED) is 0.791. The van der Waals surface area contributed by atoms with Crippen LogP contribution in [0.1, 0.15) is 23.7 Å². The van der Waals surface area contributed by atoms with Gasteiger partial charge in [0.25, 0.3) is 0 Å². The second kappa shape index (κ2) is 3.72. The number of ketones is 1. The van der Waals surface area contributed by atoms with E-state index in [1.54, 1.807) is 19.1 Å². The number of carbonyl (C=O) groups is 1. The SMILES string of the molecule is CCC(=O)c1cc(Br)ccc1O. The van der Waals surface area contributed by atoms with Crippen LogP contribution in [-0.2, 0) is 0 Å². The van der Waals surface area contributed by atoms with Crippen LogP contribution in [0.5, 0.6) is 5.75 Å². The second-order valence-electron chi connectivity index (χ2n) is 2.44. The van der Waals surface area contributed by atoms with E-state index in [1.165, 1.54) is 6.07 Å². The van der Waals surface area contributed by atoms with E-state index in [9.17, 15) is 9.90 Å². The molecule has 1 aromatic rings. The van der Waals surface area contributed by atoms with Crippen LogP contribution in [-0.4, -0.2) is 10.9 Å². The third-order valence-electron chi connectivity index (χ3n) is 1.58. The van der Waals surface area contributed by atoms with Crippen molar-refractivity contribution >= 4 is 21.7 Å². The van der Waals surface area contributed by atoms with Crippen molar-refractivity contribution in [2.24, 2.45) is 0 Å². The molecule has 0 fully saturated rings.